The SMILES string of the molecule is COC(=O)Nc1ccc(-c2nc([C@H](CC(=O)N3CCCC3c3ccncc3)NC(=O)C=Cc3cc(Cl)ccc3-n3cnnn3)[nH]c2Cl)cc1. The molecule has 49 heavy (non-hydrogen) atoms. The van der Waals surface area contributed by atoms with Gasteiger partial charge in [0.1, 0.15) is 23.0 Å². The Morgan fingerprint density at radius 1 is 1.10 bits per heavy atom. The van der Waals surface area contributed by atoms with Gasteiger partial charge in [-0.25, -0.2) is 9.78 Å². The van der Waals surface area contributed by atoms with Crippen LogP contribution in [0.1, 0.15) is 48.3 Å². The lowest BCUT2D eigenvalue weighted by Crippen LogP contribution is -2.36. The Balaban J connectivity index is 1.27. The molecule has 16 heteroatoms. The summed E-state index contributed by atoms with van der Waals surface area (Å²) in [4.78, 5) is 52.6. The van der Waals surface area contributed by atoms with Gasteiger partial charge in [0.25, 0.3) is 0 Å². The summed E-state index contributed by atoms with van der Waals surface area (Å²) in [5.41, 5.74) is 3.77. The fraction of sp³-hybridized carbons (Fsp3) is 0.212. The number of imidazole rings is 1. The molecule has 3 aromatic heterocycles. The molecule has 3 N–H and O–H groups in total. The molecule has 0 spiro atoms. The molecule has 0 bridgehead atoms. The fourth-order valence-corrected chi connectivity index (χ4v) is 6.06. The fourth-order valence-electron chi connectivity index (χ4n) is 5.64. The van der Waals surface area contributed by atoms with Crippen LogP contribution >= 0.6 is 23.2 Å². The summed E-state index contributed by atoms with van der Waals surface area (Å²) in [5, 5.41) is 17.5. The van der Waals surface area contributed by atoms with Crippen LogP contribution in [0.25, 0.3) is 23.0 Å². The zero-order chi connectivity index (χ0) is 34.3. The van der Waals surface area contributed by atoms with E-state index in [1.807, 2.05) is 17.0 Å². The number of anilines is 1. The van der Waals surface area contributed by atoms with Crippen molar-refractivity contribution < 1.29 is 19.1 Å². The van der Waals surface area contributed by atoms with Crippen LogP contribution in [-0.4, -0.2) is 71.6 Å². The molecule has 0 saturated carbocycles. The Bertz CT molecular complexity index is 1970. The van der Waals surface area contributed by atoms with Crippen molar-refractivity contribution in [2.45, 2.75) is 31.3 Å². The number of aromatic nitrogens is 7. The molecular weight excluding hydrogens is 671 g/mol. The molecule has 4 heterocycles. The lowest BCUT2D eigenvalue weighted by Gasteiger charge is -2.27. The van der Waals surface area contributed by atoms with Gasteiger partial charge in [0.05, 0.1) is 31.3 Å². The molecule has 1 fully saturated rings. The van der Waals surface area contributed by atoms with E-state index in [4.69, 9.17) is 28.2 Å². The van der Waals surface area contributed by atoms with Crippen LogP contribution in [0.3, 0.4) is 0 Å². The van der Waals surface area contributed by atoms with Crippen LogP contribution in [-0.2, 0) is 14.3 Å². The molecule has 250 valence electrons. The van der Waals surface area contributed by atoms with Gasteiger partial charge in [-0.05, 0) is 77.4 Å². The quantitative estimate of drug-likeness (QED) is 0.158. The number of likely N-dealkylation sites (tertiary alicyclic amines) is 1. The van der Waals surface area contributed by atoms with E-state index in [1.54, 1.807) is 60.9 Å². The minimum Gasteiger partial charge on any atom is -0.453 e. The summed E-state index contributed by atoms with van der Waals surface area (Å²) in [6, 6.07) is 14.8. The highest BCUT2D eigenvalue weighted by molar-refractivity contribution is 6.32. The summed E-state index contributed by atoms with van der Waals surface area (Å²) >= 11 is 12.9. The van der Waals surface area contributed by atoms with E-state index in [1.165, 1.54) is 24.2 Å². The Kier molecular flexibility index (Phi) is 10.3. The predicted octanol–water partition coefficient (Wildman–Crippen LogP) is 5.56. The van der Waals surface area contributed by atoms with Crippen molar-refractivity contribution in [3.63, 3.8) is 0 Å². The first-order chi connectivity index (χ1) is 23.8. The van der Waals surface area contributed by atoms with E-state index < -0.39 is 18.0 Å². The van der Waals surface area contributed by atoms with Crippen molar-refractivity contribution in [1.29, 1.82) is 0 Å². The number of halogens is 2. The first kappa shape index (κ1) is 33.3. The molecule has 1 aliphatic heterocycles. The van der Waals surface area contributed by atoms with E-state index in [0.717, 1.165) is 18.4 Å². The summed E-state index contributed by atoms with van der Waals surface area (Å²) in [7, 11) is 1.28. The van der Waals surface area contributed by atoms with Crippen molar-refractivity contribution in [3.05, 3.63) is 107 Å². The molecule has 2 aromatic carbocycles. The van der Waals surface area contributed by atoms with Crippen molar-refractivity contribution in [1.82, 2.24) is 45.4 Å². The monoisotopic (exact) mass is 700 g/mol. The lowest BCUT2D eigenvalue weighted by atomic mass is 10.1. The van der Waals surface area contributed by atoms with E-state index in [0.29, 0.717) is 45.6 Å². The number of amides is 3. The van der Waals surface area contributed by atoms with E-state index in [2.05, 4.69) is 40.9 Å². The van der Waals surface area contributed by atoms with Crippen molar-refractivity contribution in [2.24, 2.45) is 0 Å². The summed E-state index contributed by atoms with van der Waals surface area (Å²) < 4.78 is 6.10. The van der Waals surface area contributed by atoms with Crippen molar-refractivity contribution in [3.8, 4) is 16.9 Å². The zero-order valence-electron chi connectivity index (χ0n) is 26.1. The maximum atomic E-state index is 13.9. The number of nitrogens with one attached hydrogen (secondary N) is 3. The maximum absolute atomic E-state index is 13.9. The smallest absolute Gasteiger partial charge is 0.411 e. The van der Waals surface area contributed by atoms with Crippen LogP contribution < -0.4 is 10.6 Å². The normalized spacial score (nSPS) is 14.9. The van der Waals surface area contributed by atoms with Gasteiger partial charge in [-0.1, -0.05) is 35.3 Å². The molecule has 14 nitrogen and oxygen atoms in total. The van der Waals surface area contributed by atoms with Crippen LogP contribution in [0.5, 0.6) is 0 Å². The average molecular weight is 702 g/mol. The molecule has 1 unspecified atom stereocenters. The van der Waals surface area contributed by atoms with Gasteiger partial charge in [-0.2, -0.15) is 4.68 Å². The highest BCUT2D eigenvalue weighted by Crippen LogP contribution is 2.34. The number of H-pyrrole nitrogens is 1. The maximum Gasteiger partial charge on any atom is 0.411 e. The van der Waals surface area contributed by atoms with Crippen LogP contribution in [0.15, 0.2) is 79.4 Å². The lowest BCUT2D eigenvalue weighted by molar-refractivity contribution is -0.133. The van der Waals surface area contributed by atoms with Gasteiger partial charge in [0.2, 0.25) is 11.8 Å². The standard InChI is InChI=1S/C33H30Cl2N10O4/c1-49-33(48)38-24-8-4-21(5-9-24)30-31(35)41-32(40-30)25(18-29(47)44-16-2-3-26(44)20-12-14-36-15-13-20)39-28(46)11-6-22-17-23(34)7-10-27(22)45-19-37-42-43-45/h4-15,17,19,25-26H,2-3,16,18H2,1H3,(H,38,48)(H,39,46)(H,40,41)/t25-,26?/m0/s1. The highest BCUT2D eigenvalue weighted by atomic mass is 35.5. The van der Waals surface area contributed by atoms with E-state index >= 15 is 0 Å². The van der Waals surface area contributed by atoms with Crippen LogP contribution in [0, 0.1) is 0 Å². The van der Waals surface area contributed by atoms with Gasteiger partial charge in [-0.15, -0.1) is 5.10 Å². The minimum atomic E-state index is -0.867. The number of hydrogen-bond donors (Lipinski definition) is 3. The number of ether oxygens (including phenoxy) is 1. The zero-order valence-corrected chi connectivity index (χ0v) is 27.6. The first-order valence-corrected chi connectivity index (χ1v) is 16.0. The second kappa shape index (κ2) is 15.1. The number of carbonyl (C=O) groups is 3. The minimum absolute atomic E-state index is 0.0839. The average Bonchev–Trinajstić information content (AvgIpc) is 3.90. The second-order valence-electron chi connectivity index (χ2n) is 11.1. The molecule has 3 amide bonds. The van der Waals surface area contributed by atoms with Crippen LogP contribution in [0.4, 0.5) is 10.5 Å². The number of nitrogens with zero attached hydrogens (tertiary/aromatic N) is 7. The number of aromatic amines is 1. The number of benzene rings is 2. The van der Waals surface area contributed by atoms with Crippen molar-refractivity contribution in [2.75, 3.05) is 19.0 Å². The highest BCUT2D eigenvalue weighted by Gasteiger charge is 2.33. The number of carbonyl (C=O) groups excluding carboxylic acids is 3. The van der Waals surface area contributed by atoms with Crippen LogP contribution in [0.2, 0.25) is 10.2 Å². The molecule has 6 rings (SSSR count). The van der Waals surface area contributed by atoms with Gasteiger partial charge >= 0.3 is 6.09 Å². The Labute approximate surface area is 290 Å². The van der Waals surface area contributed by atoms with Gasteiger partial charge in [0.15, 0.2) is 0 Å². The largest absolute Gasteiger partial charge is 0.453 e. The first-order valence-electron chi connectivity index (χ1n) is 15.2. The predicted molar refractivity (Wildman–Crippen MR) is 182 cm³/mol. The topological polar surface area (TPSA) is 173 Å². The number of methoxy groups -OCH3 is 1. The Morgan fingerprint density at radius 2 is 1.90 bits per heavy atom. The van der Waals surface area contributed by atoms with E-state index in [-0.39, 0.29) is 23.5 Å². The molecule has 1 saturated heterocycles. The molecule has 5 aromatic rings. The Morgan fingerprint density at radius 3 is 2.63 bits per heavy atom. The third-order valence-corrected chi connectivity index (χ3v) is 8.47. The Hall–Kier alpha value is -5.60. The van der Waals surface area contributed by atoms with Gasteiger partial charge in [0, 0.05) is 46.9 Å². The number of pyridine rings is 1. The van der Waals surface area contributed by atoms with E-state index in [9.17, 15) is 14.4 Å². The second-order valence-corrected chi connectivity index (χ2v) is 11.9. The number of rotatable bonds is 10. The summed E-state index contributed by atoms with van der Waals surface area (Å²) in [6.07, 6.45) is 8.75. The number of tetrazole rings is 1. The molecule has 0 aliphatic carbocycles. The summed E-state index contributed by atoms with van der Waals surface area (Å²) in [5.74, 6) is -0.347. The molecule has 1 aliphatic rings. The molecule has 2 atom stereocenters. The van der Waals surface area contributed by atoms with Gasteiger partial charge in [-0.3, -0.25) is 19.9 Å². The summed E-state index contributed by atoms with van der Waals surface area (Å²) in [6.45, 7) is 0.581. The third-order valence-electron chi connectivity index (χ3n) is 7.96. The third kappa shape index (κ3) is 7.93. The molecule has 0 radical (unpaired) electrons. The van der Waals surface area contributed by atoms with Gasteiger partial charge < -0.3 is 19.9 Å². The number of hydrogen-bond acceptors (Lipinski definition) is 9. The van der Waals surface area contributed by atoms with Crippen molar-refractivity contribution >= 4 is 52.9 Å². The molecular formula is C33H30Cl2N10O4.